The Hall–Kier alpha value is -0.620. The average Bonchev–Trinajstić information content (AvgIpc) is 2.50. The summed E-state index contributed by atoms with van der Waals surface area (Å²) in [6, 6.07) is 0.381. The van der Waals surface area contributed by atoms with E-state index >= 15 is 0 Å². The molecule has 5 nitrogen and oxygen atoms in total. The Kier molecular flexibility index (Phi) is 12.4. The molecule has 0 aromatic carbocycles. The Morgan fingerprint density at radius 1 is 1.21 bits per heavy atom. The Balaban J connectivity index is 4.30. The number of aliphatic imine (C=N–C) groups is 1. The van der Waals surface area contributed by atoms with Gasteiger partial charge in [-0.15, -0.1) is 0 Å². The highest BCUT2D eigenvalue weighted by Crippen LogP contribution is 2.10. The van der Waals surface area contributed by atoms with E-state index in [0.29, 0.717) is 18.3 Å². The van der Waals surface area contributed by atoms with Crippen LogP contribution in [-0.4, -0.2) is 64.3 Å². The van der Waals surface area contributed by atoms with E-state index in [0.717, 1.165) is 38.6 Å². The molecular formula is C18H40N4OS. The normalized spacial score (nSPS) is 15.4. The van der Waals surface area contributed by atoms with Crippen molar-refractivity contribution in [3.63, 3.8) is 0 Å². The Bertz CT molecular complexity index is 376. The minimum absolute atomic E-state index is 0.168. The van der Waals surface area contributed by atoms with E-state index in [4.69, 9.17) is 0 Å². The summed E-state index contributed by atoms with van der Waals surface area (Å²) < 4.78 is 11.9. The van der Waals surface area contributed by atoms with Crippen LogP contribution in [0, 0.1) is 0 Å². The van der Waals surface area contributed by atoms with Gasteiger partial charge in [0, 0.05) is 33.9 Å². The van der Waals surface area contributed by atoms with Gasteiger partial charge in [-0.3, -0.25) is 9.20 Å². The number of hydrogen-bond acceptors (Lipinski definition) is 3. The third-order valence-electron chi connectivity index (χ3n) is 3.96. The fraction of sp³-hybridized carbons (Fsp3) is 0.944. The van der Waals surface area contributed by atoms with Gasteiger partial charge in [-0.1, -0.05) is 13.8 Å². The average molecular weight is 361 g/mol. The van der Waals surface area contributed by atoms with Crippen molar-refractivity contribution in [3.05, 3.63) is 0 Å². The van der Waals surface area contributed by atoms with Crippen molar-refractivity contribution in [2.24, 2.45) is 4.99 Å². The lowest BCUT2D eigenvalue weighted by atomic mass is 10.2. The molecule has 0 aliphatic rings. The maximum absolute atomic E-state index is 12.1. The third kappa shape index (κ3) is 11.0. The number of rotatable bonds is 11. The first kappa shape index (κ1) is 23.4. The molecule has 2 unspecified atom stereocenters. The zero-order valence-electron chi connectivity index (χ0n) is 16.9. The van der Waals surface area contributed by atoms with Crippen molar-refractivity contribution < 1.29 is 4.21 Å². The van der Waals surface area contributed by atoms with Crippen LogP contribution in [0.2, 0.25) is 0 Å². The van der Waals surface area contributed by atoms with E-state index in [1.165, 1.54) is 6.42 Å². The maximum Gasteiger partial charge on any atom is 0.191 e. The minimum Gasteiger partial charge on any atom is -0.357 e. The lowest BCUT2D eigenvalue weighted by Crippen LogP contribution is -2.42. The lowest BCUT2D eigenvalue weighted by molar-refractivity contribution is 0.292. The second-order valence-corrected chi connectivity index (χ2v) is 9.46. The summed E-state index contributed by atoms with van der Waals surface area (Å²) >= 11 is 0. The van der Waals surface area contributed by atoms with Crippen molar-refractivity contribution in [2.45, 2.75) is 72.1 Å². The second kappa shape index (κ2) is 12.7. The van der Waals surface area contributed by atoms with E-state index in [1.54, 1.807) is 0 Å². The maximum atomic E-state index is 12.1. The van der Waals surface area contributed by atoms with Gasteiger partial charge in [0.25, 0.3) is 0 Å². The Morgan fingerprint density at radius 2 is 1.83 bits per heavy atom. The predicted octanol–water partition coefficient (Wildman–Crippen LogP) is 2.60. The van der Waals surface area contributed by atoms with Gasteiger partial charge in [0.1, 0.15) is 0 Å². The molecule has 0 heterocycles. The first-order valence-electron chi connectivity index (χ1n) is 9.40. The zero-order valence-corrected chi connectivity index (χ0v) is 17.8. The van der Waals surface area contributed by atoms with E-state index in [1.807, 2.05) is 20.8 Å². The molecule has 0 aliphatic carbocycles. The van der Waals surface area contributed by atoms with Crippen LogP contribution < -0.4 is 10.6 Å². The molecule has 24 heavy (non-hydrogen) atoms. The molecule has 0 radical (unpaired) electrons. The Morgan fingerprint density at radius 3 is 2.33 bits per heavy atom. The van der Waals surface area contributed by atoms with Crippen molar-refractivity contribution in [1.82, 2.24) is 15.5 Å². The molecule has 0 spiro atoms. The highest BCUT2D eigenvalue weighted by Gasteiger charge is 2.18. The van der Waals surface area contributed by atoms with Crippen molar-refractivity contribution in [2.75, 3.05) is 38.5 Å². The summed E-state index contributed by atoms with van der Waals surface area (Å²) in [5.41, 5.74) is 0. The number of nitrogens with one attached hydrogen (secondary N) is 2. The first-order valence-corrected chi connectivity index (χ1v) is 10.7. The van der Waals surface area contributed by atoms with Crippen LogP contribution in [0.5, 0.6) is 0 Å². The van der Waals surface area contributed by atoms with Gasteiger partial charge >= 0.3 is 0 Å². The standard InChI is InChI=1S/C18H40N4OS/c1-8-19-17(20-13-15-24(23)18(5,6)7)21-16(4)12-11-14-22(9-2)10-3/h16H,8-15H2,1-7H3,(H2,19,20,21). The van der Waals surface area contributed by atoms with Crippen LogP contribution in [0.1, 0.15) is 61.3 Å². The highest BCUT2D eigenvalue weighted by molar-refractivity contribution is 7.86. The van der Waals surface area contributed by atoms with Crippen LogP contribution >= 0.6 is 0 Å². The molecule has 6 heteroatoms. The quantitative estimate of drug-likeness (QED) is 0.439. The highest BCUT2D eigenvalue weighted by atomic mass is 32.2. The fourth-order valence-electron chi connectivity index (χ4n) is 2.33. The number of hydrogen-bond donors (Lipinski definition) is 2. The van der Waals surface area contributed by atoms with Crippen molar-refractivity contribution in [3.8, 4) is 0 Å². The van der Waals surface area contributed by atoms with Gasteiger partial charge in [-0.05, 0) is 67.1 Å². The van der Waals surface area contributed by atoms with E-state index in [-0.39, 0.29) is 4.75 Å². The molecule has 0 aromatic rings. The van der Waals surface area contributed by atoms with E-state index < -0.39 is 10.8 Å². The molecule has 0 bridgehead atoms. The van der Waals surface area contributed by atoms with Crippen LogP contribution in [0.25, 0.3) is 0 Å². The summed E-state index contributed by atoms with van der Waals surface area (Å²) in [5.74, 6) is 1.44. The van der Waals surface area contributed by atoms with Gasteiger partial charge in [0.15, 0.2) is 5.96 Å². The molecular weight excluding hydrogens is 320 g/mol. The second-order valence-electron chi connectivity index (χ2n) is 7.14. The number of nitrogens with zero attached hydrogens (tertiary/aromatic N) is 2. The molecule has 0 aliphatic heterocycles. The summed E-state index contributed by atoms with van der Waals surface area (Å²) in [6.07, 6.45) is 2.30. The van der Waals surface area contributed by atoms with Crippen molar-refractivity contribution in [1.29, 1.82) is 0 Å². The van der Waals surface area contributed by atoms with Gasteiger partial charge in [-0.2, -0.15) is 0 Å². The Labute approximate surface area is 152 Å². The van der Waals surface area contributed by atoms with Crippen molar-refractivity contribution >= 4 is 16.8 Å². The van der Waals surface area contributed by atoms with Gasteiger partial charge in [0.2, 0.25) is 0 Å². The van der Waals surface area contributed by atoms with Crippen LogP contribution in [0.3, 0.4) is 0 Å². The smallest absolute Gasteiger partial charge is 0.191 e. The number of guanidine groups is 1. The van der Waals surface area contributed by atoms with E-state index in [9.17, 15) is 4.21 Å². The molecule has 0 aromatic heterocycles. The topological polar surface area (TPSA) is 56.7 Å². The molecule has 0 saturated heterocycles. The van der Waals surface area contributed by atoms with Crippen LogP contribution in [0.4, 0.5) is 0 Å². The summed E-state index contributed by atoms with van der Waals surface area (Å²) in [7, 11) is -0.851. The van der Waals surface area contributed by atoms with E-state index in [2.05, 4.69) is 48.2 Å². The summed E-state index contributed by atoms with van der Waals surface area (Å²) in [6.45, 7) is 19.5. The van der Waals surface area contributed by atoms with Crippen LogP contribution in [0.15, 0.2) is 4.99 Å². The molecule has 0 rings (SSSR count). The van der Waals surface area contributed by atoms with Gasteiger partial charge < -0.3 is 15.5 Å². The van der Waals surface area contributed by atoms with Gasteiger partial charge in [-0.25, -0.2) is 0 Å². The SMILES string of the molecule is CCNC(=NCCS(=O)C(C)(C)C)NC(C)CCCN(CC)CC. The fourth-order valence-corrected chi connectivity index (χ4v) is 3.20. The first-order chi connectivity index (χ1) is 11.2. The van der Waals surface area contributed by atoms with Gasteiger partial charge in [0.05, 0.1) is 6.54 Å². The molecule has 2 N–H and O–H groups in total. The monoisotopic (exact) mass is 360 g/mol. The summed E-state index contributed by atoms with van der Waals surface area (Å²) in [4.78, 5) is 7.03. The molecule has 0 fully saturated rings. The predicted molar refractivity (Wildman–Crippen MR) is 108 cm³/mol. The molecule has 144 valence electrons. The molecule has 2 atom stereocenters. The summed E-state index contributed by atoms with van der Waals surface area (Å²) in [5, 5.41) is 6.74. The molecule has 0 amide bonds. The minimum atomic E-state index is -0.851. The largest absolute Gasteiger partial charge is 0.357 e. The third-order valence-corrected chi connectivity index (χ3v) is 5.88. The zero-order chi connectivity index (χ0) is 18.6. The lowest BCUT2D eigenvalue weighted by Gasteiger charge is -2.21. The molecule has 0 saturated carbocycles. The van der Waals surface area contributed by atoms with Crippen LogP contribution in [-0.2, 0) is 10.8 Å².